The minimum atomic E-state index is -0.231. The van der Waals surface area contributed by atoms with E-state index in [-0.39, 0.29) is 17.6 Å². The molecule has 2 N–H and O–H groups in total. The number of nitrogens with zero attached hydrogens (tertiary/aromatic N) is 2. The van der Waals surface area contributed by atoms with Crippen LogP contribution in [0.5, 0.6) is 0 Å². The molecule has 0 saturated carbocycles. The quantitative estimate of drug-likeness (QED) is 0.894. The lowest BCUT2D eigenvalue weighted by atomic mass is 9.87. The van der Waals surface area contributed by atoms with Gasteiger partial charge in [-0.25, -0.2) is 0 Å². The molecule has 0 amide bonds. The third kappa shape index (κ3) is 3.29. The fourth-order valence-electron chi connectivity index (χ4n) is 2.02. The molecule has 2 atom stereocenters. The molecule has 2 heterocycles. The highest BCUT2D eigenvalue weighted by atomic mass is 16.5. The Bertz CT molecular complexity index is 378. The lowest BCUT2D eigenvalue weighted by Gasteiger charge is -2.23. The van der Waals surface area contributed by atoms with Crippen LogP contribution in [0, 0.1) is 5.41 Å². The first-order valence-electron chi connectivity index (χ1n) is 6.66. The summed E-state index contributed by atoms with van der Waals surface area (Å²) in [7, 11) is 0. The smallest absolute Gasteiger partial charge is 0.244 e. The Labute approximate surface area is 108 Å². The molecule has 0 aromatic carbocycles. The van der Waals surface area contributed by atoms with Gasteiger partial charge >= 0.3 is 0 Å². The summed E-state index contributed by atoms with van der Waals surface area (Å²) < 4.78 is 10.9. The Balaban J connectivity index is 1.97. The van der Waals surface area contributed by atoms with Gasteiger partial charge in [-0.2, -0.15) is 4.98 Å². The number of nitrogens with two attached hydrogens (primary N) is 1. The molecule has 1 aliphatic heterocycles. The Kier molecular flexibility index (Phi) is 4.02. The van der Waals surface area contributed by atoms with Crippen LogP contribution in [0.3, 0.4) is 0 Å². The molecule has 1 fully saturated rings. The van der Waals surface area contributed by atoms with E-state index in [0.717, 1.165) is 25.9 Å². The molecule has 102 valence electrons. The predicted octanol–water partition coefficient (Wildman–Crippen LogP) is 2.23. The average Bonchev–Trinajstić information content (AvgIpc) is 2.76. The van der Waals surface area contributed by atoms with Gasteiger partial charge in [0.2, 0.25) is 5.89 Å². The van der Waals surface area contributed by atoms with Crippen molar-refractivity contribution in [3.05, 3.63) is 11.7 Å². The van der Waals surface area contributed by atoms with Gasteiger partial charge in [-0.15, -0.1) is 0 Å². The zero-order valence-corrected chi connectivity index (χ0v) is 11.5. The van der Waals surface area contributed by atoms with Gasteiger partial charge < -0.3 is 15.0 Å². The van der Waals surface area contributed by atoms with Gasteiger partial charge in [-0.05, 0) is 24.7 Å². The zero-order chi connectivity index (χ0) is 13.2. The highest BCUT2D eigenvalue weighted by Gasteiger charge is 2.28. The Morgan fingerprint density at radius 2 is 2.17 bits per heavy atom. The summed E-state index contributed by atoms with van der Waals surface area (Å²) >= 11 is 0. The summed E-state index contributed by atoms with van der Waals surface area (Å²) in [6, 6.07) is -0.231. The zero-order valence-electron chi connectivity index (χ0n) is 11.5. The van der Waals surface area contributed by atoms with Crippen LogP contribution in [0.2, 0.25) is 0 Å². The van der Waals surface area contributed by atoms with Crippen molar-refractivity contribution in [1.29, 1.82) is 0 Å². The second-order valence-corrected chi connectivity index (χ2v) is 6.09. The van der Waals surface area contributed by atoms with Crippen molar-refractivity contribution in [2.45, 2.75) is 58.6 Å². The van der Waals surface area contributed by atoms with E-state index in [1.807, 2.05) is 0 Å². The minimum Gasteiger partial charge on any atom is -0.378 e. The second-order valence-electron chi connectivity index (χ2n) is 6.09. The van der Waals surface area contributed by atoms with Crippen LogP contribution in [0.1, 0.15) is 57.8 Å². The molecule has 0 aliphatic carbocycles. The van der Waals surface area contributed by atoms with E-state index in [1.165, 1.54) is 6.42 Å². The number of hydrogen-bond acceptors (Lipinski definition) is 5. The van der Waals surface area contributed by atoms with Crippen molar-refractivity contribution < 1.29 is 9.26 Å². The van der Waals surface area contributed by atoms with E-state index in [2.05, 4.69) is 30.9 Å². The molecule has 1 saturated heterocycles. The summed E-state index contributed by atoms with van der Waals surface area (Å²) in [5.74, 6) is 1.23. The van der Waals surface area contributed by atoms with Crippen LogP contribution < -0.4 is 5.73 Å². The molecule has 1 unspecified atom stereocenters. The highest BCUT2D eigenvalue weighted by Crippen LogP contribution is 2.29. The summed E-state index contributed by atoms with van der Waals surface area (Å²) in [4.78, 5) is 4.39. The predicted molar refractivity (Wildman–Crippen MR) is 68.0 cm³/mol. The van der Waals surface area contributed by atoms with Crippen molar-refractivity contribution in [1.82, 2.24) is 10.1 Å². The Morgan fingerprint density at radius 3 is 2.78 bits per heavy atom. The van der Waals surface area contributed by atoms with Gasteiger partial charge in [0, 0.05) is 13.0 Å². The van der Waals surface area contributed by atoms with Gasteiger partial charge in [-0.3, -0.25) is 0 Å². The van der Waals surface area contributed by atoms with Crippen LogP contribution >= 0.6 is 0 Å². The molecule has 1 aliphatic rings. The summed E-state index contributed by atoms with van der Waals surface area (Å²) in [5, 5.41) is 4.00. The first-order chi connectivity index (χ1) is 8.47. The van der Waals surface area contributed by atoms with Gasteiger partial charge in [0.15, 0.2) is 5.82 Å². The average molecular weight is 253 g/mol. The van der Waals surface area contributed by atoms with E-state index >= 15 is 0 Å². The maximum absolute atomic E-state index is 6.09. The molecule has 5 heteroatoms. The normalized spacial score (nSPS) is 23.0. The number of rotatable bonds is 3. The molecule has 18 heavy (non-hydrogen) atoms. The Morgan fingerprint density at radius 1 is 1.39 bits per heavy atom. The first-order valence-corrected chi connectivity index (χ1v) is 6.66. The lowest BCUT2D eigenvalue weighted by Crippen LogP contribution is -2.26. The van der Waals surface area contributed by atoms with Crippen molar-refractivity contribution in [3.8, 4) is 0 Å². The molecular weight excluding hydrogens is 230 g/mol. The number of hydrogen-bond donors (Lipinski definition) is 1. The molecule has 1 aromatic rings. The van der Waals surface area contributed by atoms with Crippen LogP contribution in [0.15, 0.2) is 4.52 Å². The first kappa shape index (κ1) is 13.5. The molecule has 2 rings (SSSR count). The third-order valence-electron chi connectivity index (χ3n) is 3.37. The van der Waals surface area contributed by atoms with Gasteiger partial charge in [0.25, 0.3) is 0 Å². The van der Waals surface area contributed by atoms with Crippen molar-refractivity contribution in [3.63, 3.8) is 0 Å². The van der Waals surface area contributed by atoms with Crippen LogP contribution in [-0.2, 0) is 11.2 Å². The van der Waals surface area contributed by atoms with Gasteiger partial charge in [-0.1, -0.05) is 25.9 Å². The minimum absolute atomic E-state index is 0.0782. The number of aromatic nitrogens is 2. The van der Waals surface area contributed by atoms with Crippen LogP contribution in [0.4, 0.5) is 0 Å². The molecule has 5 nitrogen and oxygen atoms in total. The van der Waals surface area contributed by atoms with Crippen molar-refractivity contribution in [2.24, 2.45) is 11.1 Å². The van der Waals surface area contributed by atoms with Crippen molar-refractivity contribution >= 4 is 0 Å². The second kappa shape index (κ2) is 5.36. The molecular formula is C13H23N3O2. The summed E-state index contributed by atoms with van der Waals surface area (Å²) in [6.45, 7) is 7.03. The largest absolute Gasteiger partial charge is 0.378 e. The SMILES string of the molecule is CC(C)(C)[C@@H](N)c1nc(CC2CCCCO2)no1. The van der Waals surface area contributed by atoms with Gasteiger partial charge in [0.05, 0.1) is 12.1 Å². The van der Waals surface area contributed by atoms with E-state index < -0.39 is 0 Å². The van der Waals surface area contributed by atoms with E-state index in [4.69, 9.17) is 15.0 Å². The molecule has 0 spiro atoms. The van der Waals surface area contributed by atoms with E-state index in [9.17, 15) is 0 Å². The third-order valence-corrected chi connectivity index (χ3v) is 3.37. The summed E-state index contributed by atoms with van der Waals surface area (Å²) in [5.41, 5.74) is 6.01. The van der Waals surface area contributed by atoms with Crippen LogP contribution in [0.25, 0.3) is 0 Å². The maximum Gasteiger partial charge on any atom is 0.244 e. The molecule has 0 radical (unpaired) electrons. The standard InChI is InChI=1S/C13H23N3O2/c1-13(2,3)11(14)12-15-10(16-18-12)8-9-6-4-5-7-17-9/h9,11H,4-8,14H2,1-3H3/t9?,11-/m0/s1. The molecule has 0 bridgehead atoms. The van der Waals surface area contributed by atoms with Crippen molar-refractivity contribution in [2.75, 3.05) is 6.61 Å². The lowest BCUT2D eigenvalue weighted by molar-refractivity contribution is 0.0153. The van der Waals surface area contributed by atoms with E-state index in [0.29, 0.717) is 11.7 Å². The Hall–Kier alpha value is -0.940. The van der Waals surface area contributed by atoms with Gasteiger partial charge in [0.1, 0.15) is 0 Å². The topological polar surface area (TPSA) is 74.2 Å². The van der Waals surface area contributed by atoms with Crippen LogP contribution in [-0.4, -0.2) is 22.9 Å². The fraction of sp³-hybridized carbons (Fsp3) is 0.846. The fourth-order valence-corrected chi connectivity index (χ4v) is 2.02. The highest BCUT2D eigenvalue weighted by molar-refractivity contribution is 4.97. The maximum atomic E-state index is 6.09. The molecule has 1 aromatic heterocycles. The van der Waals surface area contributed by atoms with E-state index in [1.54, 1.807) is 0 Å². The number of ether oxygens (including phenoxy) is 1. The summed E-state index contributed by atoms with van der Waals surface area (Å²) in [6.07, 6.45) is 4.41. The monoisotopic (exact) mass is 253 g/mol.